The van der Waals surface area contributed by atoms with Crippen molar-refractivity contribution in [1.82, 2.24) is 15.4 Å². The largest absolute Gasteiger partial charge is 0.493 e. The van der Waals surface area contributed by atoms with Crippen LogP contribution in [0.1, 0.15) is 34.7 Å². The van der Waals surface area contributed by atoms with Gasteiger partial charge in [0.1, 0.15) is 11.6 Å². The molecule has 1 unspecified atom stereocenters. The summed E-state index contributed by atoms with van der Waals surface area (Å²) in [6.45, 7) is 3.27. The molecule has 3 aliphatic heterocycles. The van der Waals surface area contributed by atoms with Crippen LogP contribution in [0, 0.1) is 0 Å². The minimum atomic E-state index is 0.271. The van der Waals surface area contributed by atoms with Gasteiger partial charge < -0.3 is 20.4 Å². The SMILES string of the molecule is c1ccc(CN2CCC3NNc4nc(NCc5ccc6c(c5)CCO6)nc2c43)cc1. The van der Waals surface area contributed by atoms with E-state index in [9.17, 15) is 0 Å². The van der Waals surface area contributed by atoms with Crippen LogP contribution >= 0.6 is 0 Å². The molecule has 7 nitrogen and oxygen atoms in total. The molecule has 0 bridgehead atoms. The molecule has 3 aromatic rings. The number of hydrogen-bond donors (Lipinski definition) is 3. The molecule has 0 spiro atoms. The van der Waals surface area contributed by atoms with E-state index in [0.29, 0.717) is 12.5 Å². The maximum absolute atomic E-state index is 5.61. The van der Waals surface area contributed by atoms with Crippen molar-refractivity contribution >= 4 is 17.6 Å². The second-order valence-corrected chi connectivity index (χ2v) is 8.04. The van der Waals surface area contributed by atoms with Crippen molar-refractivity contribution in [3.63, 3.8) is 0 Å². The molecule has 0 aliphatic carbocycles. The van der Waals surface area contributed by atoms with Crippen molar-refractivity contribution in [2.24, 2.45) is 0 Å². The third-order valence-electron chi connectivity index (χ3n) is 6.05. The molecule has 6 rings (SSSR count). The Labute approximate surface area is 175 Å². The highest BCUT2D eigenvalue weighted by atomic mass is 16.5. The van der Waals surface area contributed by atoms with Gasteiger partial charge in [-0.1, -0.05) is 42.5 Å². The Balaban J connectivity index is 1.26. The summed E-state index contributed by atoms with van der Waals surface area (Å²) in [5.74, 6) is 3.56. The lowest BCUT2D eigenvalue weighted by atomic mass is 10.0. The van der Waals surface area contributed by atoms with E-state index in [0.717, 1.165) is 49.9 Å². The summed E-state index contributed by atoms with van der Waals surface area (Å²) in [5, 5.41) is 3.42. The molecule has 1 atom stereocenters. The minimum Gasteiger partial charge on any atom is -0.493 e. The number of nitrogens with one attached hydrogen (secondary N) is 3. The van der Waals surface area contributed by atoms with Gasteiger partial charge in [-0.15, -0.1) is 0 Å². The summed E-state index contributed by atoms with van der Waals surface area (Å²) < 4.78 is 5.61. The average molecular weight is 400 g/mol. The van der Waals surface area contributed by atoms with Crippen LogP contribution in [0.2, 0.25) is 0 Å². The molecule has 30 heavy (non-hydrogen) atoms. The van der Waals surface area contributed by atoms with Gasteiger partial charge in [-0.05, 0) is 29.2 Å². The van der Waals surface area contributed by atoms with Crippen molar-refractivity contribution in [3.05, 3.63) is 70.8 Å². The Morgan fingerprint density at radius 2 is 2.03 bits per heavy atom. The number of nitrogens with zero attached hydrogens (tertiary/aromatic N) is 3. The fourth-order valence-corrected chi connectivity index (χ4v) is 4.52. The van der Waals surface area contributed by atoms with Gasteiger partial charge in [-0.2, -0.15) is 9.97 Å². The average Bonchev–Trinajstić information content (AvgIpc) is 3.42. The van der Waals surface area contributed by atoms with Gasteiger partial charge in [0.2, 0.25) is 5.95 Å². The highest BCUT2D eigenvalue weighted by molar-refractivity contribution is 5.67. The van der Waals surface area contributed by atoms with Crippen molar-refractivity contribution in [1.29, 1.82) is 0 Å². The van der Waals surface area contributed by atoms with Gasteiger partial charge in [0, 0.05) is 26.1 Å². The standard InChI is InChI=1S/C23H24N6O/c1-2-4-15(5-3-1)14-29-10-8-18-20-21(28-27-18)25-23(26-22(20)29)24-13-16-6-7-19-17(12-16)9-11-30-19/h1-7,12,18,27H,8-11,13-14H2,(H2,24,25,26,28). The van der Waals surface area contributed by atoms with E-state index in [1.807, 2.05) is 0 Å². The molecule has 3 N–H and O–H groups in total. The van der Waals surface area contributed by atoms with Gasteiger partial charge in [-0.25, -0.2) is 5.43 Å². The van der Waals surface area contributed by atoms with Crippen LogP contribution in [0.25, 0.3) is 0 Å². The zero-order valence-corrected chi connectivity index (χ0v) is 16.7. The maximum Gasteiger partial charge on any atom is 0.226 e. The number of hydrazine groups is 1. The Morgan fingerprint density at radius 3 is 2.97 bits per heavy atom. The van der Waals surface area contributed by atoms with Crippen LogP contribution in [0.3, 0.4) is 0 Å². The van der Waals surface area contributed by atoms with E-state index < -0.39 is 0 Å². The van der Waals surface area contributed by atoms with Crippen LogP contribution in [-0.4, -0.2) is 23.1 Å². The lowest BCUT2D eigenvalue weighted by molar-refractivity contribution is 0.357. The third-order valence-corrected chi connectivity index (χ3v) is 6.05. The number of anilines is 3. The molecule has 4 heterocycles. The first-order chi connectivity index (χ1) is 14.8. The molecule has 0 saturated heterocycles. The predicted molar refractivity (Wildman–Crippen MR) is 117 cm³/mol. The Hall–Kier alpha value is -3.32. The molecule has 3 aliphatic rings. The Morgan fingerprint density at radius 1 is 1.10 bits per heavy atom. The zero-order valence-electron chi connectivity index (χ0n) is 16.7. The fourth-order valence-electron chi connectivity index (χ4n) is 4.52. The number of fused-ring (bicyclic) bond motifs is 1. The third kappa shape index (κ3) is 3.11. The quantitative estimate of drug-likeness (QED) is 0.606. The van der Waals surface area contributed by atoms with Gasteiger partial charge >= 0.3 is 0 Å². The normalized spacial score (nSPS) is 18.4. The van der Waals surface area contributed by atoms with E-state index in [-0.39, 0.29) is 6.04 Å². The van der Waals surface area contributed by atoms with E-state index in [2.05, 4.69) is 69.6 Å². The van der Waals surface area contributed by atoms with Crippen molar-refractivity contribution in [3.8, 4) is 5.75 Å². The highest BCUT2D eigenvalue weighted by Crippen LogP contribution is 2.41. The molecular formula is C23H24N6O. The topological polar surface area (TPSA) is 74.3 Å². The van der Waals surface area contributed by atoms with Crippen LogP contribution in [-0.2, 0) is 19.5 Å². The Bertz CT molecular complexity index is 1090. The van der Waals surface area contributed by atoms with E-state index in [4.69, 9.17) is 14.7 Å². The molecule has 2 aromatic carbocycles. The number of benzene rings is 2. The summed E-state index contributed by atoms with van der Waals surface area (Å²) in [6, 6.07) is 17.2. The molecule has 7 heteroatoms. The molecule has 0 amide bonds. The van der Waals surface area contributed by atoms with Gasteiger partial charge in [-0.3, -0.25) is 0 Å². The molecule has 0 saturated carbocycles. The lowest BCUT2D eigenvalue weighted by Crippen LogP contribution is -2.34. The first-order valence-corrected chi connectivity index (χ1v) is 10.5. The number of ether oxygens (including phenoxy) is 1. The highest BCUT2D eigenvalue weighted by Gasteiger charge is 2.34. The number of aromatic nitrogens is 2. The number of hydrogen-bond acceptors (Lipinski definition) is 7. The van der Waals surface area contributed by atoms with Crippen LogP contribution < -0.4 is 25.8 Å². The summed E-state index contributed by atoms with van der Waals surface area (Å²) in [7, 11) is 0. The van der Waals surface area contributed by atoms with Gasteiger partial charge in [0.25, 0.3) is 0 Å². The van der Waals surface area contributed by atoms with E-state index in [1.165, 1.54) is 22.3 Å². The molecule has 1 aromatic heterocycles. The molecule has 152 valence electrons. The molecule has 0 radical (unpaired) electrons. The van der Waals surface area contributed by atoms with Crippen molar-refractivity contribution in [2.75, 3.05) is 28.8 Å². The summed E-state index contributed by atoms with van der Waals surface area (Å²) in [6.07, 6.45) is 2.02. The summed E-state index contributed by atoms with van der Waals surface area (Å²) in [4.78, 5) is 12.0. The minimum absolute atomic E-state index is 0.271. The number of rotatable bonds is 5. The smallest absolute Gasteiger partial charge is 0.226 e. The van der Waals surface area contributed by atoms with Gasteiger partial charge in [0.15, 0.2) is 5.82 Å². The zero-order chi connectivity index (χ0) is 19.9. The van der Waals surface area contributed by atoms with Gasteiger partial charge in [0.05, 0.1) is 18.2 Å². The van der Waals surface area contributed by atoms with E-state index >= 15 is 0 Å². The van der Waals surface area contributed by atoms with Crippen LogP contribution in [0.5, 0.6) is 5.75 Å². The van der Waals surface area contributed by atoms with E-state index in [1.54, 1.807) is 0 Å². The first kappa shape index (κ1) is 17.5. The predicted octanol–water partition coefficient (Wildman–Crippen LogP) is 3.41. The second kappa shape index (κ2) is 7.18. The second-order valence-electron chi connectivity index (χ2n) is 8.04. The monoisotopic (exact) mass is 400 g/mol. The van der Waals surface area contributed by atoms with Crippen LogP contribution in [0.15, 0.2) is 48.5 Å². The lowest BCUT2D eigenvalue weighted by Gasteiger charge is -2.32. The Kier molecular flexibility index (Phi) is 4.19. The maximum atomic E-state index is 5.61. The molecule has 0 fully saturated rings. The first-order valence-electron chi connectivity index (χ1n) is 10.5. The van der Waals surface area contributed by atoms with Crippen molar-refractivity contribution < 1.29 is 4.74 Å². The van der Waals surface area contributed by atoms with Crippen molar-refractivity contribution in [2.45, 2.75) is 32.0 Å². The fraction of sp³-hybridized carbons (Fsp3) is 0.304. The molecular weight excluding hydrogens is 376 g/mol. The van der Waals surface area contributed by atoms with Crippen LogP contribution in [0.4, 0.5) is 17.6 Å². The summed E-state index contributed by atoms with van der Waals surface area (Å²) >= 11 is 0. The summed E-state index contributed by atoms with van der Waals surface area (Å²) in [5.41, 5.74) is 11.6.